The predicted octanol–water partition coefficient (Wildman–Crippen LogP) is -0.0308. The molecule has 0 unspecified atom stereocenters. The highest BCUT2D eigenvalue weighted by Crippen LogP contribution is 2.34. The van der Waals surface area contributed by atoms with Crippen LogP contribution in [-0.4, -0.2) is 26.1 Å². The molecule has 2 N–H and O–H groups in total. The van der Waals surface area contributed by atoms with E-state index in [9.17, 15) is 4.79 Å². The highest BCUT2D eigenvalue weighted by molar-refractivity contribution is 5.76. The van der Waals surface area contributed by atoms with Crippen LogP contribution in [0.25, 0.3) is 0 Å². The zero-order chi connectivity index (χ0) is 10.8. The summed E-state index contributed by atoms with van der Waals surface area (Å²) in [6, 6.07) is 0. The maximum Gasteiger partial charge on any atom is 0.220 e. The van der Waals surface area contributed by atoms with Crippen molar-refractivity contribution in [2.45, 2.75) is 31.6 Å². The number of tetrazole rings is 1. The number of carbonyl (C=O) groups excluding carboxylic acids is 1. The smallest absolute Gasteiger partial charge is 0.220 e. The molecule has 6 nitrogen and oxygen atoms in total. The Morgan fingerprint density at radius 2 is 2.07 bits per heavy atom. The standard InChI is InChI=1S/C9H15N5O/c1-14-9(11-12-13-14)7-4-2-6(3-5-7)8(10)15/h6-7H,2-5H2,1H3,(H2,10,15). The molecular formula is C9H15N5O. The summed E-state index contributed by atoms with van der Waals surface area (Å²) in [4.78, 5) is 11.0. The molecule has 2 rings (SSSR count). The maximum atomic E-state index is 11.0. The molecule has 1 fully saturated rings. The minimum absolute atomic E-state index is 0.0439. The molecule has 0 aliphatic heterocycles. The van der Waals surface area contributed by atoms with Crippen LogP contribution in [0.2, 0.25) is 0 Å². The fourth-order valence-electron chi connectivity index (χ4n) is 2.22. The minimum Gasteiger partial charge on any atom is -0.369 e. The summed E-state index contributed by atoms with van der Waals surface area (Å²) in [5.74, 6) is 1.16. The Bertz CT molecular complexity index is 353. The maximum absolute atomic E-state index is 11.0. The van der Waals surface area contributed by atoms with E-state index in [1.807, 2.05) is 7.05 Å². The highest BCUT2D eigenvalue weighted by atomic mass is 16.1. The van der Waals surface area contributed by atoms with Crippen molar-refractivity contribution in [3.8, 4) is 0 Å². The number of rotatable bonds is 2. The molecule has 1 amide bonds. The number of aryl methyl sites for hydroxylation is 1. The van der Waals surface area contributed by atoms with Gasteiger partial charge in [-0.1, -0.05) is 0 Å². The number of nitrogens with zero attached hydrogens (tertiary/aromatic N) is 4. The Kier molecular flexibility index (Phi) is 2.66. The molecule has 0 spiro atoms. The molecular weight excluding hydrogens is 194 g/mol. The van der Waals surface area contributed by atoms with Crippen LogP contribution in [0, 0.1) is 5.92 Å². The summed E-state index contributed by atoms with van der Waals surface area (Å²) in [6.07, 6.45) is 3.60. The minimum atomic E-state index is -0.176. The van der Waals surface area contributed by atoms with Crippen LogP contribution in [0.1, 0.15) is 37.4 Å². The first kappa shape index (κ1) is 10.1. The molecule has 1 aromatic rings. The van der Waals surface area contributed by atoms with Crippen LogP contribution in [0.15, 0.2) is 0 Å². The van der Waals surface area contributed by atoms with Gasteiger partial charge in [-0.05, 0) is 36.1 Å². The SMILES string of the molecule is Cn1nnnc1C1CCC(C(N)=O)CC1. The largest absolute Gasteiger partial charge is 0.369 e. The average molecular weight is 209 g/mol. The van der Waals surface area contributed by atoms with E-state index in [0.29, 0.717) is 5.92 Å². The molecule has 1 aromatic heterocycles. The molecule has 15 heavy (non-hydrogen) atoms. The molecule has 0 atom stereocenters. The molecule has 1 aliphatic rings. The van der Waals surface area contributed by atoms with E-state index in [-0.39, 0.29) is 11.8 Å². The molecule has 0 bridgehead atoms. The molecule has 0 radical (unpaired) electrons. The van der Waals surface area contributed by atoms with E-state index >= 15 is 0 Å². The number of hydrogen-bond acceptors (Lipinski definition) is 4. The van der Waals surface area contributed by atoms with Crippen molar-refractivity contribution >= 4 is 5.91 Å². The van der Waals surface area contributed by atoms with Gasteiger partial charge in [-0.15, -0.1) is 5.10 Å². The number of nitrogens with two attached hydrogens (primary N) is 1. The van der Waals surface area contributed by atoms with E-state index in [1.54, 1.807) is 4.68 Å². The molecule has 0 saturated heterocycles. The van der Waals surface area contributed by atoms with Crippen LogP contribution in [0.5, 0.6) is 0 Å². The Morgan fingerprint density at radius 3 is 2.53 bits per heavy atom. The Balaban J connectivity index is 2.00. The van der Waals surface area contributed by atoms with Gasteiger partial charge in [0.1, 0.15) is 0 Å². The van der Waals surface area contributed by atoms with Gasteiger partial charge in [0.25, 0.3) is 0 Å². The summed E-state index contributed by atoms with van der Waals surface area (Å²) in [7, 11) is 1.84. The lowest BCUT2D eigenvalue weighted by Crippen LogP contribution is -2.27. The van der Waals surface area contributed by atoms with E-state index in [1.165, 1.54) is 0 Å². The number of primary amides is 1. The second-order valence-corrected chi connectivity index (χ2v) is 4.11. The topological polar surface area (TPSA) is 86.7 Å². The van der Waals surface area contributed by atoms with Crippen LogP contribution in [0.3, 0.4) is 0 Å². The van der Waals surface area contributed by atoms with E-state index in [0.717, 1.165) is 31.5 Å². The first-order valence-electron chi connectivity index (χ1n) is 5.20. The first-order valence-corrected chi connectivity index (χ1v) is 5.20. The van der Waals surface area contributed by atoms with Crippen molar-refractivity contribution in [2.24, 2.45) is 18.7 Å². The van der Waals surface area contributed by atoms with Gasteiger partial charge in [0.05, 0.1) is 0 Å². The number of aromatic nitrogens is 4. The monoisotopic (exact) mass is 209 g/mol. The first-order chi connectivity index (χ1) is 7.18. The quantitative estimate of drug-likeness (QED) is 0.741. The van der Waals surface area contributed by atoms with Crippen molar-refractivity contribution < 1.29 is 4.79 Å². The molecule has 82 valence electrons. The third-order valence-electron chi connectivity index (χ3n) is 3.15. The zero-order valence-corrected chi connectivity index (χ0v) is 8.76. The lowest BCUT2D eigenvalue weighted by molar-refractivity contribution is -0.122. The van der Waals surface area contributed by atoms with Crippen LogP contribution >= 0.6 is 0 Å². The van der Waals surface area contributed by atoms with Gasteiger partial charge in [0.15, 0.2) is 5.82 Å². The van der Waals surface area contributed by atoms with Gasteiger partial charge >= 0.3 is 0 Å². The van der Waals surface area contributed by atoms with Crippen LogP contribution in [-0.2, 0) is 11.8 Å². The molecule has 6 heteroatoms. The molecule has 1 heterocycles. The normalized spacial score (nSPS) is 26.5. The van der Waals surface area contributed by atoms with E-state index in [4.69, 9.17) is 5.73 Å². The van der Waals surface area contributed by atoms with Gasteiger partial charge in [-0.25, -0.2) is 4.68 Å². The second-order valence-electron chi connectivity index (χ2n) is 4.11. The predicted molar refractivity (Wildman–Crippen MR) is 52.7 cm³/mol. The Hall–Kier alpha value is -1.46. The third-order valence-corrected chi connectivity index (χ3v) is 3.15. The number of carbonyl (C=O) groups is 1. The lowest BCUT2D eigenvalue weighted by atomic mass is 9.81. The Morgan fingerprint density at radius 1 is 1.40 bits per heavy atom. The van der Waals surface area contributed by atoms with Gasteiger partial charge < -0.3 is 5.73 Å². The van der Waals surface area contributed by atoms with Crippen LogP contribution in [0.4, 0.5) is 0 Å². The number of hydrogen-bond donors (Lipinski definition) is 1. The summed E-state index contributed by atoms with van der Waals surface area (Å²) >= 11 is 0. The second kappa shape index (κ2) is 3.96. The zero-order valence-electron chi connectivity index (χ0n) is 8.76. The molecule has 0 aromatic carbocycles. The molecule has 1 aliphatic carbocycles. The van der Waals surface area contributed by atoms with Crippen LogP contribution < -0.4 is 5.73 Å². The van der Waals surface area contributed by atoms with Gasteiger partial charge in [-0.3, -0.25) is 4.79 Å². The van der Waals surface area contributed by atoms with Gasteiger partial charge in [-0.2, -0.15) is 0 Å². The third kappa shape index (κ3) is 1.98. The van der Waals surface area contributed by atoms with Crippen molar-refractivity contribution in [1.29, 1.82) is 0 Å². The fourth-order valence-corrected chi connectivity index (χ4v) is 2.22. The van der Waals surface area contributed by atoms with Crippen molar-refractivity contribution in [2.75, 3.05) is 0 Å². The fraction of sp³-hybridized carbons (Fsp3) is 0.778. The van der Waals surface area contributed by atoms with Crippen molar-refractivity contribution in [3.05, 3.63) is 5.82 Å². The highest BCUT2D eigenvalue weighted by Gasteiger charge is 2.28. The summed E-state index contributed by atoms with van der Waals surface area (Å²) in [6.45, 7) is 0. The Labute approximate surface area is 87.8 Å². The molecule has 1 saturated carbocycles. The average Bonchev–Trinajstić information content (AvgIpc) is 2.65. The summed E-state index contributed by atoms with van der Waals surface area (Å²) in [5, 5.41) is 11.4. The van der Waals surface area contributed by atoms with Crippen molar-refractivity contribution in [1.82, 2.24) is 20.2 Å². The van der Waals surface area contributed by atoms with Gasteiger partial charge in [0, 0.05) is 18.9 Å². The van der Waals surface area contributed by atoms with Crippen molar-refractivity contribution in [3.63, 3.8) is 0 Å². The summed E-state index contributed by atoms with van der Waals surface area (Å²) in [5.41, 5.74) is 5.28. The lowest BCUT2D eigenvalue weighted by Gasteiger charge is -2.25. The van der Waals surface area contributed by atoms with Gasteiger partial charge in [0.2, 0.25) is 5.91 Å². The van der Waals surface area contributed by atoms with E-state index in [2.05, 4.69) is 15.5 Å². The van der Waals surface area contributed by atoms with E-state index < -0.39 is 0 Å². The number of amides is 1. The summed E-state index contributed by atoms with van der Waals surface area (Å²) < 4.78 is 1.70.